The SMILES string of the molecule is COc1cc([N+](=O)[O-])ccc1-c1ccc(/C=C(/C#N)C(=O)NC2CCCC2)o1. The third-order valence-electron chi connectivity index (χ3n) is 4.63. The van der Waals surface area contributed by atoms with Crippen LogP contribution >= 0.6 is 0 Å². The average Bonchev–Trinajstić information content (AvgIpc) is 3.37. The van der Waals surface area contributed by atoms with Crippen LogP contribution in [0.25, 0.3) is 17.4 Å². The van der Waals surface area contributed by atoms with Crippen LogP contribution in [0.4, 0.5) is 5.69 Å². The smallest absolute Gasteiger partial charge is 0.273 e. The molecule has 1 aliphatic carbocycles. The molecular formula is C20H19N3O5. The van der Waals surface area contributed by atoms with Crippen LogP contribution in [0.15, 0.2) is 40.3 Å². The van der Waals surface area contributed by atoms with E-state index in [0.717, 1.165) is 25.7 Å². The number of methoxy groups -OCH3 is 1. The Kier molecular flexibility index (Phi) is 5.75. The normalized spacial score (nSPS) is 14.5. The van der Waals surface area contributed by atoms with Crippen LogP contribution in [-0.2, 0) is 4.79 Å². The maximum absolute atomic E-state index is 12.3. The summed E-state index contributed by atoms with van der Waals surface area (Å²) in [5.41, 5.74) is 0.396. The van der Waals surface area contributed by atoms with Gasteiger partial charge in [-0.25, -0.2) is 0 Å². The highest BCUT2D eigenvalue weighted by Gasteiger charge is 2.20. The number of nitro groups is 1. The van der Waals surface area contributed by atoms with Crippen LogP contribution in [-0.4, -0.2) is 24.0 Å². The van der Waals surface area contributed by atoms with Crippen molar-refractivity contribution < 1.29 is 18.9 Å². The number of amides is 1. The van der Waals surface area contributed by atoms with Crippen LogP contribution < -0.4 is 10.1 Å². The number of nitrogens with one attached hydrogen (secondary N) is 1. The van der Waals surface area contributed by atoms with Gasteiger partial charge in [0, 0.05) is 18.2 Å². The Bertz CT molecular complexity index is 964. The molecule has 0 spiro atoms. The van der Waals surface area contributed by atoms with Crippen molar-refractivity contribution in [2.45, 2.75) is 31.7 Å². The molecule has 3 rings (SSSR count). The van der Waals surface area contributed by atoms with E-state index in [9.17, 15) is 20.2 Å². The van der Waals surface area contributed by atoms with Gasteiger partial charge in [-0.1, -0.05) is 12.8 Å². The number of furan rings is 1. The second-order valence-electron chi connectivity index (χ2n) is 6.47. The zero-order valence-corrected chi connectivity index (χ0v) is 15.3. The lowest BCUT2D eigenvalue weighted by Gasteiger charge is -2.10. The molecule has 0 unspecified atom stereocenters. The molecular weight excluding hydrogens is 362 g/mol. The van der Waals surface area contributed by atoms with Crippen molar-refractivity contribution in [2.24, 2.45) is 0 Å². The van der Waals surface area contributed by atoms with Gasteiger partial charge in [0.25, 0.3) is 11.6 Å². The van der Waals surface area contributed by atoms with Crippen molar-refractivity contribution in [1.29, 1.82) is 5.26 Å². The molecule has 144 valence electrons. The maximum atomic E-state index is 12.3. The number of nitro benzene ring substituents is 1. The zero-order valence-electron chi connectivity index (χ0n) is 15.3. The Hall–Kier alpha value is -3.60. The monoisotopic (exact) mass is 381 g/mol. The molecule has 1 amide bonds. The van der Waals surface area contributed by atoms with Crippen LogP contribution in [0.2, 0.25) is 0 Å². The molecule has 8 heteroatoms. The van der Waals surface area contributed by atoms with Gasteiger partial charge >= 0.3 is 0 Å². The summed E-state index contributed by atoms with van der Waals surface area (Å²) in [7, 11) is 1.41. The molecule has 8 nitrogen and oxygen atoms in total. The number of carbonyl (C=O) groups excluding carboxylic acids is 1. The molecule has 0 saturated heterocycles. The summed E-state index contributed by atoms with van der Waals surface area (Å²) >= 11 is 0. The maximum Gasteiger partial charge on any atom is 0.273 e. The molecule has 1 saturated carbocycles. The first kappa shape index (κ1) is 19.2. The predicted octanol–water partition coefficient (Wildman–Crippen LogP) is 3.83. The molecule has 1 N–H and O–H groups in total. The fourth-order valence-corrected chi connectivity index (χ4v) is 3.20. The summed E-state index contributed by atoms with van der Waals surface area (Å²) in [5, 5.41) is 23.1. The van der Waals surface area contributed by atoms with Crippen molar-refractivity contribution in [1.82, 2.24) is 5.32 Å². The average molecular weight is 381 g/mol. The zero-order chi connectivity index (χ0) is 20.1. The number of hydrogen-bond acceptors (Lipinski definition) is 6. The molecule has 1 aromatic heterocycles. The quantitative estimate of drug-likeness (QED) is 0.351. The van der Waals surface area contributed by atoms with Crippen molar-refractivity contribution in [3.05, 3.63) is 51.8 Å². The summed E-state index contributed by atoms with van der Waals surface area (Å²) in [4.78, 5) is 22.7. The molecule has 1 aromatic carbocycles. The molecule has 28 heavy (non-hydrogen) atoms. The van der Waals surface area contributed by atoms with Gasteiger partial charge in [-0.3, -0.25) is 14.9 Å². The minimum Gasteiger partial charge on any atom is -0.496 e. The van der Waals surface area contributed by atoms with E-state index in [1.807, 2.05) is 6.07 Å². The van der Waals surface area contributed by atoms with E-state index in [4.69, 9.17) is 9.15 Å². The van der Waals surface area contributed by atoms with E-state index >= 15 is 0 Å². The van der Waals surface area contributed by atoms with Crippen LogP contribution in [0.5, 0.6) is 5.75 Å². The highest BCUT2D eigenvalue weighted by atomic mass is 16.6. The van der Waals surface area contributed by atoms with E-state index in [0.29, 0.717) is 22.8 Å². The summed E-state index contributed by atoms with van der Waals surface area (Å²) in [6.45, 7) is 0. The van der Waals surface area contributed by atoms with Crippen LogP contribution in [0.3, 0.4) is 0 Å². The molecule has 1 fully saturated rings. The number of non-ortho nitro benzene ring substituents is 1. The summed E-state index contributed by atoms with van der Waals surface area (Å²) in [5.74, 6) is 0.610. The predicted molar refractivity (Wildman–Crippen MR) is 101 cm³/mol. The molecule has 0 bridgehead atoms. The third kappa shape index (κ3) is 4.20. The second-order valence-corrected chi connectivity index (χ2v) is 6.47. The fourth-order valence-electron chi connectivity index (χ4n) is 3.20. The molecule has 1 aliphatic rings. The van der Waals surface area contributed by atoms with Gasteiger partial charge in [0.1, 0.15) is 28.9 Å². The largest absolute Gasteiger partial charge is 0.496 e. The summed E-state index contributed by atoms with van der Waals surface area (Å²) in [6.07, 6.45) is 5.39. The Morgan fingerprint density at radius 3 is 2.75 bits per heavy atom. The molecule has 0 aliphatic heterocycles. The standard InChI is InChI=1S/C20H19N3O5/c1-27-19-11-15(23(25)26)6-8-17(19)18-9-7-16(28-18)10-13(12-21)20(24)22-14-4-2-3-5-14/h6-11,14H,2-5H2,1H3,(H,22,24)/b13-10-. The molecule has 2 aromatic rings. The highest BCUT2D eigenvalue weighted by Crippen LogP contribution is 2.34. The lowest BCUT2D eigenvalue weighted by Crippen LogP contribution is -2.33. The first-order valence-corrected chi connectivity index (χ1v) is 8.87. The Labute approximate surface area is 161 Å². The van der Waals surface area contributed by atoms with E-state index in [-0.39, 0.29) is 17.3 Å². The van der Waals surface area contributed by atoms with Crippen LogP contribution in [0, 0.1) is 21.4 Å². The summed E-state index contributed by atoms with van der Waals surface area (Å²) < 4.78 is 10.9. The van der Waals surface area contributed by atoms with E-state index in [1.54, 1.807) is 12.1 Å². The number of hydrogen-bond donors (Lipinski definition) is 1. The Morgan fingerprint density at radius 1 is 1.36 bits per heavy atom. The van der Waals surface area contributed by atoms with Crippen molar-refractivity contribution in [3.8, 4) is 23.1 Å². The Balaban J connectivity index is 1.83. The highest BCUT2D eigenvalue weighted by molar-refractivity contribution is 6.01. The fraction of sp³-hybridized carbons (Fsp3) is 0.300. The first-order chi connectivity index (χ1) is 13.5. The van der Waals surface area contributed by atoms with Gasteiger partial charge in [-0.05, 0) is 31.0 Å². The second kappa shape index (κ2) is 8.39. The topological polar surface area (TPSA) is 118 Å². The van der Waals surface area contributed by atoms with Gasteiger partial charge in [-0.2, -0.15) is 5.26 Å². The molecule has 0 atom stereocenters. The van der Waals surface area contributed by atoms with E-state index in [1.165, 1.54) is 31.4 Å². The minimum absolute atomic E-state index is 0.0385. The van der Waals surface area contributed by atoms with Gasteiger partial charge < -0.3 is 14.5 Å². The van der Waals surface area contributed by atoms with Gasteiger partial charge in [0.15, 0.2) is 0 Å². The first-order valence-electron chi connectivity index (χ1n) is 8.87. The Morgan fingerprint density at radius 2 is 2.11 bits per heavy atom. The van der Waals surface area contributed by atoms with Gasteiger partial charge in [0.05, 0.1) is 23.7 Å². The number of carbonyl (C=O) groups is 1. The van der Waals surface area contributed by atoms with Gasteiger partial charge in [0.2, 0.25) is 0 Å². The van der Waals surface area contributed by atoms with E-state index < -0.39 is 10.8 Å². The minimum atomic E-state index is -0.509. The third-order valence-corrected chi connectivity index (χ3v) is 4.63. The van der Waals surface area contributed by atoms with Crippen molar-refractivity contribution >= 4 is 17.7 Å². The number of ether oxygens (including phenoxy) is 1. The number of nitriles is 1. The summed E-state index contributed by atoms with van der Waals surface area (Å²) in [6, 6.07) is 9.48. The van der Waals surface area contributed by atoms with Crippen molar-refractivity contribution in [3.63, 3.8) is 0 Å². The number of benzene rings is 1. The lowest BCUT2D eigenvalue weighted by atomic mass is 10.1. The van der Waals surface area contributed by atoms with E-state index in [2.05, 4.69) is 5.32 Å². The van der Waals surface area contributed by atoms with Crippen molar-refractivity contribution in [2.75, 3.05) is 7.11 Å². The number of rotatable bonds is 6. The molecule has 1 heterocycles. The van der Waals surface area contributed by atoms with Gasteiger partial charge in [-0.15, -0.1) is 0 Å². The molecule has 0 radical (unpaired) electrons. The number of nitrogens with zero attached hydrogens (tertiary/aromatic N) is 2. The lowest BCUT2D eigenvalue weighted by molar-refractivity contribution is -0.384. The van der Waals surface area contributed by atoms with Crippen LogP contribution in [0.1, 0.15) is 31.4 Å².